The second kappa shape index (κ2) is 7.78. The molecule has 0 rings (SSSR count). The van der Waals surface area contributed by atoms with Crippen molar-refractivity contribution in [1.29, 1.82) is 5.41 Å². The second-order valence-corrected chi connectivity index (χ2v) is 3.20. The lowest BCUT2D eigenvalue weighted by Crippen LogP contribution is -2.28. The van der Waals surface area contributed by atoms with E-state index < -0.39 is 5.97 Å². The van der Waals surface area contributed by atoms with E-state index in [1.807, 2.05) is 0 Å². The number of carboxylic acid groups (broad SMARTS) is 1. The fourth-order valence-corrected chi connectivity index (χ4v) is 1.06. The normalized spacial score (nSPS) is 11.1. The summed E-state index contributed by atoms with van der Waals surface area (Å²) in [5.74, 6) is -1.43. The minimum atomic E-state index is -1.07. The summed E-state index contributed by atoms with van der Waals surface area (Å²) in [6, 6.07) is 0. The number of hydrazone groups is 1. The SMILES string of the molecule is CCCCCC/C(=N/NC(=N)N)C(=O)O. The number of aliphatic carboxylic acids is 1. The van der Waals surface area contributed by atoms with Crippen molar-refractivity contribution in [1.82, 2.24) is 5.43 Å². The van der Waals surface area contributed by atoms with Gasteiger partial charge in [-0.2, -0.15) is 5.10 Å². The minimum absolute atomic E-state index is 0.0151. The summed E-state index contributed by atoms with van der Waals surface area (Å²) in [4.78, 5) is 10.7. The van der Waals surface area contributed by atoms with Gasteiger partial charge in [0.2, 0.25) is 5.96 Å². The predicted octanol–water partition coefficient (Wildman–Crippen LogP) is 0.880. The van der Waals surface area contributed by atoms with Gasteiger partial charge in [-0.15, -0.1) is 0 Å². The number of hydrogen-bond acceptors (Lipinski definition) is 3. The largest absolute Gasteiger partial charge is 0.477 e. The maximum absolute atomic E-state index is 10.7. The molecule has 6 nitrogen and oxygen atoms in total. The van der Waals surface area contributed by atoms with Gasteiger partial charge >= 0.3 is 5.97 Å². The molecule has 0 aliphatic rings. The Hall–Kier alpha value is -1.59. The summed E-state index contributed by atoms with van der Waals surface area (Å²) in [5.41, 5.74) is 7.14. The van der Waals surface area contributed by atoms with Crippen LogP contribution in [0.1, 0.15) is 39.0 Å². The Morgan fingerprint density at radius 3 is 2.60 bits per heavy atom. The van der Waals surface area contributed by atoms with E-state index in [1.165, 1.54) is 0 Å². The smallest absolute Gasteiger partial charge is 0.352 e. The van der Waals surface area contributed by atoms with E-state index in [0.717, 1.165) is 25.7 Å². The highest BCUT2D eigenvalue weighted by Gasteiger charge is 2.08. The van der Waals surface area contributed by atoms with Crippen LogP contribution in [-0.4, -0.2) is 22.7 Å². The molecule has 0 saturated carbocycles. The topological polar surface area (TPSA) is 112 Å². The molecule has 0 aliphatic heterocycles. The Bertz CT molecular complexity index is 250. The zero-order valence-electron chi connectivity index (χ0n) is 8.92. The molecule has 0 radical (unpaired) electrons. The van der Waals surface area contributed by atoms with Crippen molar-refractivity contribution in [2.24, 2.45) is 10.8 Å². The first-order valence-electron chi connectivity index (χ1n) is 4.97. The molecule has 0 fully saturated rings. The van der Waals surface area contributed by atoms with Crippen LogP contribution in [0, 0.1) is 5.41 Å². The standard InChI is InChI=1S/C9H18N4O2/c1-2-3-4-5-6-7(8(14)15)12-13-9(10)11/h2-6H2,1H3,(H,14,15)(H4,10,11,13)/b12-7-. The molecule has 0 spiro atoms. The highest BCUT2D eigenvalue weighted by molar-refractivity contribution is 6.35. The van der Waals surface area contributed by atoms with E-state index in [4.69, 9.17) is 16.2 Å². The summed E-state index contributed by atoms with van der Waals surface area (Å²) in [6.45, 7) is 2.09. The van der Waals surface area contributed by atoms with Gasteiger partial charge in [0, 0.05) is 0 Å². The van der Waals surface area contributed by atoms with E-state index in [0.29, 0.717) is 6.42 Å². The number of rotatable bonds is 7. The van der Waals surface area contributed by atoms with Crippen molar-refractivity contribution in [3.05, 3.63) is 0 Å². The Morgan fingerprint density at radius 2 is 2.13 bits per heavy atom. The Kier molecular flexibility index (Phi) is 6.96. The van der Waals surface area contributed by atoms with E-state index >= 15 is 0 Å². The molecular weight excluding hydrogens is 196 g/mol. The van der Waals surface area contributed by atoms with Crippen LogP contribution < -0.4 is 11.2 Å². The molecule has 0 aromatic rings. The van der Waals surface area contributed by atoms with Gasteiger partial charge in [0.05, 0.1) is 0 Å². The average molecular weight is 214 g/mol. The fraction of sp³-hybridized carbons (Fsp3) is 0.667. The maximum Gasteiger partial charge on any atom is 0.352 e. The van der Waals surface area contributed by atoms with Crippen molar-refractivity contribution in [2.75, 3.05) is 0 Å². The number of unbranched alkanes of at least 4 members (excludes halogenated alkanes) is 3. The molecular formula is C9H18N4O2. The number of carboxylic acids is 1. The third-order valence-corrected chi connectivity index (χ3v) is 1.83. The molecule has 0 saturated heterocycles. The van der Waals surface area contributed by atoms with Crippen molar-refractivity contribution < 1.29 is 9.90 Å². The van der Waals surface area contributed by atoms with E-state index in [1.54, 1.807) is 0 Å². The summed E-state index contributed by atoms with van der Waals surface area (Å²) in [5, 5.41) is 19.1. The van der Waals surface area contributed by atoms with Crippen molar-refractivity contribution in [3.63, 3.8) is 0 Å². The lowest BCUT2D eigenvalue weighted by atomic mass is 10.1. The van der Waals surface area contributed by atoms with Crippen LogP contribution in [0.25, 0.3) is 0 Å². The third kappa shape index (κ3) is 7.48. The molecule has 0 aliphatic carbocycles. The number of nitrogens with one attached hydrogen (secondary N) is 2. The number of guanidine groups is 1. The van der Waals surface area contributed by atoms with Crippen LogP contribution in [0.15, 0.2) is 5.10 Å². The molecule has 0 atom stereocenters. The lowest BCUT2D eigenvalue weighted by Gasteiger charge is -2.02. The second-order valence-electron chi connectivity index (χ2n) is 3.20. The summed E-state index contributed by atoms with van der Waals surface area (Å²) >= 11 is 0. The molecule has 0 heterocycles. The first kappa shape index (κ1) is 13.4. The zero-order chi connectivity index (χ0) is 11.7. The molecule has 0 amide bonds. The van der Waals surface area contributed by atoms with Crippen LogP contribution in [0.2, 0.25) is 0 Å². The quantitative estimate of drug-likeness (QED) is 0.218. The van der Waals surface area contributed by atoms with Gasteiger partial charge in [-0.1, -0.05) is 26.2 Å². The monoisotopic (exact) mass is 214 g/mol. The number of carbonyl (C=O) groups is 1. The summed E-state index contributed by atoms with van der Waals surface area (Å²) in [7, 11) is 0. The first-order chi connectivity index (χ1) is 7.07. The molecule has 5 N–H and O–H groups in total. The van der Waals surface area contributed by atoms with Gasteiger partial charge in [-0.25, -0.2) is 10.2 Å². The summed E-state index contributed by atoms with van der Waals surface area (Å²) in [6.07, 6.45) is 4.37. The molecule has 0 aromatic heterocycles. The summed E-state index contributed by atoms with van der Waals surface area (Å²) < 4.78 is 0. The molecule has 0 bridgehead atoms. The van der Waals surface area contributed by atoms with Crippen LogP contribution >= 0.6 is 0 Å². The highest BCUT2D eigenvalue weighted by atomic mass is 16.4. The average Bonchev–Trinajstić information content (AvgIpc) is 2.15. The van der Waals surface area contributed by atoms with Gasteiger partial charge in [-0.3, -0.25) is 5.41 Å². The van der Waals surface area contributed by atoms with E-state index in [9.17, 15) is 4.79 Å². The lowest BCUT2D eigenvalue weighted by molar-refractivity contribution is -0.129. The Balaban J connectivity index is 3.99. The number of hydrogen-bond donors (Lipinski definition) is 4. The Labute approximate surface area is 89.1 Å². The van der Waals surface area contributed by atoms with Crippen molar-refractivity contribution >= 4 is 17.6 Å². The predicted molar refractivity (Wildman–Crippen MR) is 58.9 cm³/mol. The van der Waals surface area contributed by atoms with Crippen LogP contribution in [-0.2, 0) is 4.79 Å². The van der Waals surface area contributed by atoms with E-state index in [-0.39, 0.29) is 11.7 Å². The van der Waals surface area contributed by atoms with Crippen molar-refractivity contribution in [3.8, 4) is 0 Å². The van der Waals surface area contributed by atoms with Crippen LogP contribution in [0.5, 0.6) is 0 Å². The minimum Gasteiger partial charge on any atom is -0.477 e. The molecule has 6 heteroatoms. The van der Waals surface area contributed by atoms with Crippen molar-refractivity contribution in [2.45, 2.75) is 39.0 Å². The van der Waals surface area contributed by atoms with Gasteiger partial charge < -0.3 is 10.8 Å². The van der Waals surface area contributed by atoms with E-state index in [2.05, 4.69) is 17.5 Å². The highest BCUT2D eigenvalue weighted by Crippen LogP contribution is 2.03. The van der Waals surface area contributed by atoms with Gasteiger partial charge in [0.15, 0.2) is 0 Å². The van der Waals surface area contributed by atoms with Gasteiger partial charge in [-0.05, 0) is 12.8 Å². The fourth-order valence-electron chi connectivity index (χ4n) is 1.06. The Morgan fingerprint density at radius 1 is 1.47 bits per heavy atom. The molecule has 86 valence electrons. The number of nitrogens with two attached hydrogens (primary N) is 1. The zero-order valence-corrected chi connectivity index (χ0v) is 8.92. The molecule has 0 aromatic carbocycles. The third-order valence-electron chi connectivity index (χ3n) is 1.83. The maximum atomic E-state index is 10.7. The number of nitrogens with zero attached hydrogens (tertiary/aromatic N) is 1. The van der Waals surface area contributed by atoms with Crippen LogP contribution in [0.4, 0.5) is 0 Å². The first-order valence-corrected chi connectivity index (χ1v) is 4.97. The molecule has 15 heavy (non-hydrogen) atoms. The van der Waals surface area contributed by atoms with Gasteiger partial charge in [0.25, 0.3) is 0 Å². The van der Waals surface area contributed by atoms with Gasteiger partial charge in [0.1, 0.15) is 5.71 Å². The molecule has 0 unspecified atom stereocenters. The van der Waals surface area contributed by atoms with Crippen LogP contribution in [0.3, 0.4) is 0 Å².